The van der Waals surface area contributed by atoms with E-state index in [9.17, 15) is 54.6 Å². The van der Waals surface area contributed by atoms with Crippen LogP contribution in [0.15, 0.2) is 53.8 Å². The lowest BCUT2D eigenvalue weighted by Gasteiger charge is -2.42. The summed E-state index contributed by atoms with van der Waals surface area (Å²) in [6.07, 6.45) is 7.63. The normalized spacial score (nSPS) is 40.2. The predicted molar refractivity (Wildman–Crippen MR) is 303 cm³/mol. The molecule has 20 atom stereocenters. The van der Waals surface area contributed by atoms with Crippen molar-refractivity contribution in [1.29, 1.82) is 0 Å². The zero-order valence-electron chi connectivity index (χ0n) is 49.5. The molecule has 1 aromatic rings. The molecule has 2 unspecified atom stereocenters. The highest BCUT2D eigenvalue weighted by atomic mass is 32.2. The number of thioether (sulfide) groups is 1. The van der Waals surface area contributed by atoms with E-state index in [0.29, 0.717) is 75.5 Å². The highest BCUT2D eigenvalue weighted by Crippen LogP contribution is 2.40. The highest BCUT2D eigenvalue weighted by Gasteiger charge is 2.53. The molecule has 22 heteroatoms. The zero-order chi connectivity index (χ0) is 60.2. The van der Waals surface area contributed by atoms with E-state index in [1.807, 2.05) is 51.2 Å². The number of Topliss-reactive ketones (excluding diaryl/α,β-unsaturated/α-hetero) is 3. The van der Waals surface area contributed by atoms with Gasteiger partial charge in [-0.3, -0.25) is 19.2 Å². The summed E-state index contributed by atoms with van der Waals surface area (Å²) in [4.78, 5) is 73.0. The molecule has 0 radical (unpaired) electrons. The molecule has 6 N–H and O–H groups in total. The number of carbonyl (C=O) groups excluding carboxylic acids is 5. The molecule has 6 rings (SSSR count). The number of cyclic esters (lactones) is 1. The van der Waals surface area contributed by atoms with E-state index in [2.05, 4.69) is 10.3 Å². The van der Waals surface area contributed by atoms with E-state index in [-0.39, 0.29) is 60.7 Å². The van der Waals surface area contributed by atoms with Crippen LogP contribution >= 0.6 is 11.8 Å². The number of aliphatic hydroxyl groups is 6. The number of aromatic nitrogens is 3. The van der Waals surface area contributed by atoms with Crippen molar-refractivity contribution in [1.82, 2.24) is 19.9 Å². The quantitative estimate of drug-likeness (QED) is 0.0995. The number of hydrogen-bond acceptors (Lipinski definition) is 20. The van der Waals surface area contributed by atoms with Crippen LogP contribution in [0.1, 0.15) is 137 Å². The summed E-state index contributed by atoms with van der Waals surface area (Å²) in [6.45, 7) is 12.1. The number of carbonyl (C=O) groups is 5. The van der Waals surface area contributed by atoms with Gasteiger partial charge in [-0.1, -0.05) is 76.3 Å². The Labute approximate surface area is 487 Å². The van der Waals surface area contributed by atoms with Gasteiger partial charge in [0.25, 0.3) is 11.7 Å². The molecule has 1 amide bonds. The van der Waals surface area contributed by atoms with Crippen LogP contribution < -0.4 is 0 Å². The van der Waals surface area contributed by atoms with Crippen LogP contribution in [-0.2, 0) is 58.1 Å². The number of piperidine rings is 1. The SMILES string of the molecule is COC1C[C@@H]2CC[C@@H](C)[C@@](O)(O2)C(=O)C(=O)N2CCCC[C@H]2C(=O)O[C@H]([C@H](C)C[C@@H]2CC[C@H](n3cc(CS[C@@H]4O[C@H](CO)[C@@H](O)[C@H](O)[C@H]4O)nn3)[C@H](OC)C2)CC(=O)[C@H](C)/C=C(\C)[C@@H](O)C(OC)C(=O)[C@H](C)C[C@H](C)/C=C/C=C/C=C/1C. The van der Waals surface area contributed by atoms with Crippen molar-refractivity contribution in [2.75, 3.05) is 34.5 Å². The third-order valence-corrected chi connectivity index (χ3v) is 18.8. The smallest absolute Gasteiger partial charge is 0.329 e. The Kier molecular flexibility index (Phi) is 25.2. The lowest BCUT2D eigenvalue weighted by molar-refractivity contribution is -0.265. The van der Waals surface area contributed by atoms with Crippen molar-refractivity contribution in [3.8, 4) is 0 Å². The van der Waals surface area contributed by atoms with E-state index in [1.165, 1.54) is 12.0 Å². The average Bonchev–Trinajstić information content (AvgIpc) is 4.09. The van der Waals surface area contributed by atoms with Gasteiger partial charge in [0, 0.05) is 70.4 Å². The maximum atomic E-state index is 14.7. The summed E-state index contributed by atoms with van der Waals surface area (Å²) < 4.78 is 37.5. The van der Waals surface area contributed by atoms with Crippen LogP contribution in [0.4, 0.5) is 0 Å². The van der Waals surface area contributed by atoms with Crippen molar-refractivity contribution >= 4 is 41.0 Å². The number of fused-ring (bicyclic) bond motifs is 3. The van der Waals surface area contributed by atoms with Gasteiger partial charge in [0.2, 0.25) is 5.79 Å². The molecule has 1 aromatic heterocycles. The highest BCUT2D eigenvalue weighted by molar-refractivity contribution is 7.99. The van der Waals surface area contributed by atoms with Gasteiger partial charge in [0.05, 0.1) is 36.7 Å². The maximum Gasteiger partial charge on any atom is 0.329 e. The number of methoxy groups -OCH3 is 3. The van der Waals surface area contributed by atoms with E-state index >= 15 is 0 Å². The summed E-state index contributed by atoms with van der Waals surface area (Å²) in [6, 6.07) is -1.40. The standard InChI is InChI=1S/C60H92N4O17S/c1-33-16-12-11-13-17-34(2)46(76-8)28-42-21-19-39(7)60(75,81-42)56(72)57(73)63-23-15-14-18-44(63)58(74)79-47(29-45(66)35(3)25-38(6)51(68)55(78-10)50(67)37(5)24-33)36(4)26-40-20-22-43(48(27-40)77-9)64-30-41(61-62-64)32-82-59-54(71)53(70)52(69)49(31-65)80-59/h11-13,16-17,25,30,33,35-37,39-40,42-44,46-49,51-55,59,65,68-71,75H,14-15,18-24,26-29,31-32H2,1-10H3/b13-11+,16-12+,34-17+,38-25+/t33-,35-,36-,37-,39-,40+,42+,43+,44+,46?,47+,48-,49-,51-,52-,53+,54-,55?,59+,60-/m1/s1. The van der Waals surface area contributed by atoms with Crippen LogP contribution in [-0.4, -0.2) is 193 Å². The topological polar surface area (TPSA) is 296 Å². The second-order valence-electron chi connectivity index (χ2n) is 23.8. The number of esters is 1. The molecule has 0 spiro atoms. The van der Waals surface area contributed by atoms with Crippen molar-refractivity contribution in [2.24, 2.45) is 35.5 Å². The first-order valence-electron chi connectivity index (χ1n) is 29.3. The lowest BCUT2D eigenvalue weighted by atomic mass is 9.77. The third kappa shape index (κ3) is 16.7. The molecule has 2 bridgehead atoms. The van der Waals surface area contributed by atoms with Gasteiger partial charge < -0.3 is 64.0 Å². The third-order valence-electron chi connectivity index (χ3n) is 17.6. The predicted octanol–water partition coefficient (Wildman–Crippen LogP) is 4.69. The molecule has 4 aliphatic heterocycles. The van der Waals surface area contributed by atoms with Crippen LogP contribution in [0.3, 0.4) is 0 Å². The molecule has 21 nitrogen and oxygen atoms in total. The van der Waals surface area contributed by atoms with Gasteiger partial charge in [-0.05, 0) is 107 Å². The number of ketones is 3. The number of allylic oxidation sites excluding steroid dienone is 6. The minimum Gasteiger partial charge on any atom is -0.460 e. The summed E-state index contributed by atoms with van der Waals surface area (Å²) in [5.74, 6) is -8.23. The summed E-state index contributed by atoms with van der Waals surface area (Å²) in [7, 11) is 4.55. The zero-order valence-corrected chi connectivity index (χ0v) is 50.3. The molecule has 1 aliphatic carbocycles. The Morgan fingerprint density at radius 2 is 1.60 bits per heavy atom. The molecule has 3 saturated heterocycles. The number of nitrogens with zero attached hydrogens (tertiary/aromatic N) is 4. The van der Waals surface area contributed by atoms with Crippen molar-refractivity contribution in [2.45, 2.75) is 216 Å². The summed E-state index contributed by atoms with van der Waals surface area (Å²) in [5, 5.41) is 73.1. The number of hydrogen-bond donors (Lipinski definition) is 6. The van der Waals surface area contributed by atoms with Crippen LogP contribution in [0.25, 0.3) is 0 Å². The first-order valence-corrected chi connectivity index (χ1v) is 30.3. The Bertz CT molecular complexity index is 2430. The second-order valence-corrected chi connectivity index (χ2v) is 24.9. The summed E-state index contributed by atoms with van der Waals surface area (Å²) in [5.41, 5.74) is 0.851. The Balaban J connectivity index is 1.24. The Morgan fingerprint density at radius 3 is 2.29 bits per heavy atom. The fourth-order valence-corrected chi connectivity index (χ4v) is 13.4. The monoisotopic (exact) mass is 1170 g/mol. The van der Waals surface area contributed by atoms with Crippen molar-refractivity contribution < 1.29 is 83.0 Å². The molecule has 460 valence electrons. The lowest BCUT2D eigenvalue weighted by Crippen LogP contribution is -2.61. The minimum atomic E-state index is -2.47. The van der Waals surface area contributed by atoms with Gasteiger partial charge in [-0.2, -0.15) is 0 Å². The molecule has 1 saturated carbocycles. The van der Waals surface area contributed by atoms with Gasteiger partial charge in [-0.15, -0.1) is 16.9 Å². The first kappa shape index (κ1) is 67.1. The van der Waals surface area contributed by atoms with Crippen LogP contribution in [0.5, 0.6) is 0 Å². The van der Waals surface area contributed by atoms with Gasteiger partial charge in [-0.25, -0.2) is 9.48 Å². The van der Waals surface area contributed by atoms with Gasteiger partial charge in [0.15, 0.2) is 5.78 Å². The van der Waals surface area contributed by atoms with E-state index < -0.39 is 120 Å². The number of amides is 1. The fraction of sp³-hybridized carbons (Fsp3) is 0.750. The van der Waals surface area contributed by atoms with Gasteiger partial charge >= 0.3 is 5.97 Å². The molecule has 82 heavy (non-hydrogen) atoms. The van der Waals surface area contributed by atoms with Crippen molar-refractivity contribution in [3.05, 3.63) is 59.5 Å². The molecule has 4 fully saturated rings. The molecule has 5 aliphatic rings. The number of aliphatic hydroxyl groups excluding tert-OH is 5. The molecular weight excluding hydrogens is 1080 g/mol. The van der Waals surface area contributed by atoms with E-state index in [0.717, 1.165) is 17.3 Å². The van der Waals surface area contributed by atoms with Crippen LogP contribution in [0.2, 0.25) is 0 Å². The minimum absolute atomic E-state index is 0.0102. The largest absolute Gasteiger partial charge is 0.460 e. The van der Waals surface area contributed by atoms with Crippen molar-refractivity contribution in [3.63, 3.8) is 0 Å². The maximum absolute atomic E-state index is 14.7. The molecule has 0 aromatic carbocycles. The second kappa shape index (κ2) is 30.9. The van der Waals surface area contributed by atoms with Crippen LogP contribution in [0, 0.1) is 35.5 Å². The molecular formula is C60H92N4O17S. The number of ether oxygens (including phenoxy) is 6. The Morgan fingerprint density at radius 1 is 0.854 bits per heavy atom. The molecule has 5 heterocycles. The fourth-order valence-electron chi connectivity index (χ4n) is 12.3. The first-order chi connectivity index (χ1) is 39.0. The number of rotatable bonds is 11. The van der Waals surface area contributed by atoms with E-state index in [4.69, 9.17) is 28.4 Å². The van der Waals surface area contributed by atoms with E-state index in [1.54, 1.807) is 58.9 Å². The summed E-state index contributed by atoms with van der Waals surface area (Å²) >= 11 is 1.15. The average molecular weight is 1170 g/mol. The Hall–Kier alpha value is -4.04. The van der Waals surface area contributed by atoms with Gasteiger partial charge in [0.1, 0.15) is 60.0 Å².